The van der Waals surface area contributed by atoms with Crippen molar-refractivity contribution in [3.8, 4) is 0 Å². The van der Waals surface area contributed by atoms with Gasteiger partial charge in [-0.2, -0.15) is 8.78 Å². The number of benzene rings is 1. The first-order chi connectivity index (χ1) is 8.98. The van der Waals surface area contributed by atoms with Crippen LogP contribution in [0.5, 0.6) is 0 Å². The number of sulfone groups is 1. The lowest BCUT2D eigenvalue weighted by atomic mass is 10.2. The van der Waals surface area contributed by atoms with Crippen molar-refractivity contribution in [3.05, 3.63) is 23.2 Å². The third kappa shape index (κ3) is 3.40. The van der Waals surface area contributed by atoms with Gasteiger partial charge >= 0.3 is 18.3 Å². The van der Waals surface area contributed by atoms with Crippen LogP contribution in [0.4, 0.5) is 23.2 Å². The van der Waals surface area contributed by atoms with Crippen molar-refractivity contribution in [2.45, 2.75) is 17.2 Å². The van der Waals surface area contributed by atoms with Crippen LogP contribution >= 0.6 is 11.6 Å². The van der Waals surface area contributed by atoms with E-state index in [-0.39, 0.29) is 5.02 Å². The summed E-state index contributed by atoms with van der Waals surface area (Å²) in [4.78, 5) is 10.5. The Hall–Kier alpha value is -1.35. The highest BCUT2D eigenvalue weighted by atomic mass is 35.5. The minimum absolute atomic E-state index is 0.328. The van der Waals surface area contributed by atoms with Gasteiger partial charge in [0, 0.05) is 6.26 Å². The van der Waals surface area contributed by atoms with Crippen LogP contribution in [0, 0.1) is 0 Å². The zero-order valence-electron chi connectivity index (χ0n) is 9.83. The number of nitrogens with one attached hydrogen (secondary N) is 1. The SMILES string of the molecule is CS(=O)(=O)c1c(Cl)cccc1NC(=O)C(F)(F)C(F)F. The molecule has 10 heteroatoms. The van der Waals surface area contributed by atoms with Crippen LogP contribution < -0.4 is 5.32 Å². The average Bonchev–Trinajstić information content (AvgIpc) is 2.26. The Labute approximate surface area is 116 Å². The molecule has 0 unspecified atom stereocenters. The summed E-state index contributed by atoms with van der Waals surface area (Å²) in [5.41, 5.74) is -0.592. The number of hydrogen-bond donors (Lipinski definition) is 1. The number of amides is 1. The van der Waals surface area contributed by atoms with Crippen LogP contribution in [0.1, 0.15) is 0 Å². The van der Waals surface area contributed by atoms with E-state index >= 15 is 0 Å². The molecule has 0 aliphatic rings. The smallest absolute Gasteiger partial charge is 0.319 e. The summed E-state index contributed by atoms with van der Waals surface area (Å²) >= 11 is 5.61. The first-order valence-electron chi connectivity index (χ1n) is 4.94. The Kier molecular flexibility index (Phi) is 4.65. The number of anilines is 1. The van der Waals surface area contributed by atoms with Gasteiger partial charge in [-0.3, -0.25) is 4.79 Å². The van der Waals surface area contributed by atoms with E-state index in [1.807, 2.05) is 0 Å². The van der Waals surface area contributed by atoms with E-state index in [9.17, 15) is 30.8 Å². The fourth-order valence-electron chi connectivity index (χ4n) is 1.29. The molecule has 1 rings (SSSR count). The molecule has 112 valence electrons. The van der Waals surface area contributed by atoms with Crippen molar-refractivity contribution < 1.29 is 30.8 Å². The zero-order valence-corrected chi connectivity index (χ0v) is 11.4. The maximum absolute atomic E-state index is 12.8. The van der Waals surface area contributed by atoms with E-state index in [4.69, 9.17) is 11.6 Å². The summed E-state index contributed by atoms with van der Waals surface area (Å²) in [6, 6.07) is 3.29. The number of hydrogen-bond acceptors (Lipinski definition) is 3. The molecular formula is C10H8ClF4NO3S. The van der Waals surface area contributed by atoms with Crippen LogP contribution in [0.25, 0.3) is 0 Å². The third-order valence-corrected chi connectivity index (χ3v) is 3.77. The van der Waals surface area contributed by atoms with Gasteiger partial charge in [-0.05, 0) is 12.1 Å². The lowest BCUT2D eigenvalue weighted by Crippen LogP contribution is -2.41. The molecule has 1 N–H and O–H groups in total. The first-order valence-corrected chi connectivity index (χ1v) is 7.21. The number of carbonyl (C=O) groups excluding carboxylic acids is 1. The van der Waals surface area contributed by atoms with Crippen molar-refractivity contribution in [1.82, 2.24) is 0 Å². The number of carbonyl (C=O) groups is 1. The van der Waals surface area contributed by atoms with Crippen molar-refractivity contribution in [1.29, 1.82) is 0 Å². The molecule has 1 amide bonds. The van der Waals surface area contributed by atoms with E-state index in [0.717, 1.165) is 18.4 Å². The second-order valence-corrected chi connectivity index (χ2v) is 6.13. The Morgan fingerprint density at radius 1 is 1.35 bits per heavy atom. The molecule has 20 heavy (non-hydrogen) atoms. The molecule has 0 spiro atoms. The highest BCUT2D eigenvalue weighted by molar-refractivity contribution is 7.91. The normalized spacial score (nSPS) is 12.6. The Morgan fingerprint density at radius 2 is 1.90 bits per heavy atom. The standard InChI is InChI=1S/C10H8ClF4NO3S/c1-20(18,19)7-5(11)3-2-4-6(7)16-9(17)10(14,15)8(12)13/h2-4,8H,1H3,(H,16,17). The molecule has 1 aromatic rings. The molecule has 1 aromatic carbocycles. The van der Waals surface area contributed by atoms with Gasteiger partial charge in [-0.15, -0.1) is 0 Å². The van der Waals surface area contributed by atoms with Crippen LogP contribution in [-0.4, -0.2) is 32.9 Å². The molecule has 0 saturated carbocycles. The van der Waals surface area contributed by atoms with Gasteiger partial charge in [-0.25, -0.2) is 17.2 Å². The highest BCUT2D eigenvalue weighted by Crippen LogP contribution is 2.31. The van der Waals surface area contributed by atoms with Crippen molar-refractivity contribution in [2.75, 3.05) is 11.6 Å². The molecule has 0 radical (unpaired) electrons. The zero-order chi connectivity index (χ0) is 15.7. The fourth-order valence-corrected chi connectivity index (χ4v) is 2.82. The molecule has 0 saturated heterocycles. The minimum Gasteiger partial charge on any atom is -0.319 e. The second-order valence-electron chi connectivity index (χ2n) is 3.77. The summed E-state index contributed by atoms with van der Waals surface area (Å²) in [6.07, 6.45) is -3.49. The van der Waals surface area contributed by atoms with Crippen LogP contribution in [0.3, 0.4) is 0 Å². The lowest BCUT2D eigenvalue weighted by molar-refractivity contribution is -0.163. The Balaban J connectivity index is 3.25. The molecule has 0 bridgehead atoms. The van der Waals surface area contributed by atoms with Crippen molar-refractivity contribution in [3.63, 3.8) is 0 Å². The van der Waals surface area contributed by atoms with Gasteiger partial charge < -0.3 is 5.32 Å². The first kappa shape index (κ1) is 16.7. The van der Waals surface area contributed by atoms with Gasteiger partial charge in [0.2, 0.25) is 0 Å². The number of alkyl halides is 4. The Bertz CT molecular complexity index is 633. The molecular weight excluding hydrogens is 326 g/mol. The number of rotatable bonds is 4. The van der Waals surface area contributed by atoms with Gasteiger partial charge in [0.1, 0.15) is 4.90 Å². The number of halogens is 5. The van der Waals surface area contributed by atoms with Crippen LogP contribution in [0.2, 0.25) is 5.02 Å². The fraction of sp³-hybridized carbons (Fsp3) is 0.300. The second kappa shape index (κ2) is 5.57. The maximum atomic E-state index is 12.8. The topological polar surface area (TPSA) is 63.2 Å². The van der Waals surface area contributed by atoms with Crippen molar-refractivity contribution >= 4 is 33.0 Å². The molecule has 0 atom stereocenters. The molecule has 0 heterocycles. The molecule has 0 aliphatic heterocycles. The largest absolute Gasteiger partial charge is 0.383 e. The van der Waals surface area contributed by atoms with Crippen molar-refractivity contribution in [2.24, 2.45) is 0 Å². The monoisotopic (exact) mass is 333 g/mol. The molecule has 0 aromatic heterocycles. The summed E-state index contributed by atoms with van der Waals surface area (Å²) in [6.45, 7) is 0. The predicted octanol–water partition coefficient (Wildman–Crippen LogP) is 2.58. The predicted molar refractivity (Wildman–Crippen MR) is 64.1 cm³/mol. The lowest BCUT2D eigenvalue weighted by Gasteiger charge is -2.16. The third-order valence-electron chi connectivity index (χ3n) is 2.16. The molecule has 0 aliphatic carbocycles. The minimum atomic E-state index is -4.95. The van der Waals surface area contributed by atoms with Crippen LogP contribution in [-0.2, 0) is 14.6 Å². The van der Waals surface area contributed by atoms with Crippen LogP contribution in [0.15, 0.2) is 23.1 Å². The summed E-state index contributed by atoms with van der Waals surface area (Å²) in [7, 11) is -3.95. The highest BCUT2D eigenvalue weighted by Gasteiger charge is 2.49. The average molecular weight is 334 g/mol. The Morgan fingerprint density at radius 3 is 2.35 bits per heavy atom. The van der Waals surface area contributed by atoms with Gasteiger partial charge in [0.15, 0.2) is 9.84 Å². The summed E-state index contributed by atoms with van der Waals surface area (Å²) in [5.74, 6) is -7.27. The van der Waals surface area contributed by atoms with E-state index in [2.05, 4.69) is 0 Å². The van der Waals surface area contributed by atoms with E-state index in [1.54, 1.807) is 0 Å². The summed E-state index contributed by atoms with van der Waals surface area (Å²) < 4.78 is 72.6. The van der Waals surface area contributed by atoms with E-state index in [1.165, 1.54) is 11.4 Å². The molecule has 4 nitrogen and oxygen atoms in total. The van der Waals surface area contributed by atoms with E-state index in [0.29, 0.717) is 0 Å². The maximum Gasteiger partial charge on any atom is 0.383 e. The quantitative estimate of drug-likeness (QED) is 0.861. The summed E-state index contributed by atoms with van der Waals surface area (Å²) in [5, 5.41) is 1.12. The van der Waals surface area contributed by atoms with E-state index < -0.39 is 38.7 Å². The van der Waals surface area contributed by atoms with Gasteiger partial charge in [0.25, 0.3) is 0 Å². The van der Waals surface area contributed by atoms with Gasteiger partial charge in [-0.1, -0.05) is 17.7 Å². The van der Waals surface area contributed by atoms with Gasteiger partial charge in [0.05, 0.1) is 10.7 Å². The molecule has 0 fully saturated rings.